The van der Waals surface area contributed by atoms with E-state index < -0.39 is 0 Å². The lowest BCUT2D eigenvalue weighted by Crippen LogP contribution is -2.49. The van der Waals surface area contributed by atoms with Gasteiger partial charge >= 0.3 is 0 Å². The van der Waals surface area contributed by atoms with Gasteiger partial charge in [-0.15, -0.1) is 24.0 Å². The van der Waals surface area contributed by atoms with E-state index in [9.17, 15) is 0 Å². The van der Waals surface area contributed by atoms with Gasteiger partial charge in [0.2, 0.25) is 0 Å². The third-order valence-corrected chi connectivity index (χ3v) is 4.06. The topological polar surface area (TPSA) is 36.4 Å². The summed E-state index contributed by atoms with van der Waals surface area (Å²) in [5, 5.41) is 6.81. The molecule has 1 aromatic carbocycles. The maximum atomic E-state index is 4.28. The highest BCUT2D eigenvalue weighted by atomic mass is 127. The summed E-state index contributed by atoms with van der Waals surface area (Å²) >= 11 is 0. The molecule has 4 heteroatoms. The van der Waals surface area contributed by atoms with Crippen molar-refractivity contribution in [2.75, 3.05) is 20.1 Å². The molecule has 1 fully saturated rings. The Labute approximate surface area is 139 Å². The quantitative estimate of drug-likeness (QED) is 0.462. The van der Waals surface area contributed by atoms with Crippen molar-refractivity contribution in [2.24, 2.45) is 4.99 Å². The summed E-state index contributed by atoms with van der Waals surface area (Å²) in [5.74, 6) is 0.920. The number of hydrogen-bond acceptors (Lipinski definition) is 1. The minimum Gasteiger partial charge on any atom is -0.356 e. The van der Waals surface area contributed by atoms with Crippen molar-refractivity contribution in [2.45, 2.75) is 38.0 Å². The molecule has 0 spiro atoms. The second kappa shape index (κ2) is 8.49. The monoisotopic (exact) mass is 387 g/mol. The lowest BCUT2D eigenvalue weighted by Gasteiger charge is -2.43. The number of aliphatic imine (C=N–C) groups is 1. The van der Waals surface area contributed by atoms with E-state index in [-0.39, 0.29) is 24.0 Å². The van der Waals surface area contributed by atoms with Gasteiger partial charge in [-0.3, -0.25) is 4.99 Å². The first-order chi connectivity index (χ1) is 9.30. The van der Waals surface area contributed by atoms with Gasteiger partial charge in [-0.1, -0.05) is 43.7 Å². The molecule has 0 saturated heterocycles. The fourth-order valence-corrected chi connectivity index (χ4v) is 2.68. The van der Waals surface area contributed by atoms with E-state index in [4.69, 9.17) is 0 Å². The van der Waals surface area contributed by atoms with Gasteiger partial charge < -0.3 is 10.6 Å². The van der Waals surface area contributed by atoms with Crippen LogP contribution in [-0.4, -0.2) is 26.1 Å². The van der Waals surface area contributed by atoms with Gasteiger partial charge in [0.25, 0.3) is 0 Å². The molecular formula is C16H26IN3. The fraction of sp³-hybridized carbons (Fsp3) is 0.562. The van der Waals surface area contributed by atoms with Gasteiger partial charge in [0.15, 0.2) is 5.96 Å². The zero-order valence-electron chi connectivity index (χ0n) is 12.5. The van der Waals surface area contributed by atoms with Crippen LogP contribution in [0.5, 0.6) is 0 Å². The average molecular weight is 387 g/mol. The third kappa shape index (κ3) is 4.11. The number of halogens is 1. The van der Waals surface area contributed by atoms with Crippen LogP contribution >= 0.6 is 24.0 Å². The predicted octanol–water partition coefficient (Wildman–Crippen LogP) is 3.30. The zero-order chi connectivity index (χ0) is 13.6. The highest BCUT2D eigenvalue weighted by molar-refractivity contribution is 14.0. The van der Waals surface area contributed by atoms with Gasteiger partial charge in [-0.25, -0.2) is 0 Å². The minimum atomic E-state index is 0. The van der Waals surface area contributed by atoms with Crippen molar-refractivity contribution in [1.29, 1.82) is 0 Å². The van der Waals surface area contributed by atoms with Crippen LogP contribution in [-0.2, 0) is 5.41 Å². The number of guanidine groups is 1. The highest BCUT2D eigenvalue weighted by Crippen LogP contribution is 2.43. The normalized spacial score (nSPS) is 16.8. The van der Waals surface area contributed by atoms with E-state index >= 15 is 0 Å². The van der Waals surface area contributed by atoms with Gasteiger partial charge in [0.05, 0.1) is 0 Å². The SMILES string of the molecule is CCCNC(=NC)NCC1(c2ccccc2)CCC1.I. The number of nitrogens with zero attached hydrogens (tertiary/aromatic N) is 1. The molecule has 1 aliphatic rings. The van der Waals surface area contributed by atoms with Gasteiger partial charge in [0.1, 0.15) is 0 Å². The van der Waals surface area contributed by atoms with E-state index in [0.717, 1.165) is 25.5 Å². The molecule has 3 nitrogen and oxygen atoms in total. The Kier molecular flexibility index (Phi) is 7.34. The molecule has 0 heterocycles. The van der Waals surface area contributed by atoms with Crippen LogP contribution in [0.3, 0.4) is 0 Å². The molecule has 0 aliphatic heterocycles. The van der Waals surface area contributed by atoms with Crippen molar-refractivity contribution >= 4 is 29.9 Å². The van der Waals surface area contributed by atoms with Crippen molar-refractivity contribution in [1.82, 2.24) is 10.6 Å². The van der Waals surface area contributed by atoms with Gasteiger partial charge in [-0.05, 0) is 24.8 Å². The van der Waals surface area contributed by atoms with E-state index in [2.05, 4.69) is 52.9 Å². The smallest absolute Gasteiger partial charge is 0.191 e. The first-order valence-electron chi connectivity index (χ1n) is 7.31. The molecule has 0 radical (unpaired) electrons. The second-order valence-electron chi connectivity index (χ2n) is 5.35. The Bertz CT molecular complexity index is 413. The Morgan fingerprint density at radius 2 is 1.90 bits per heavy atom. The maximum absolute atomic E-state index is 4.28. The first kappa shape index (κ1) is 17.3. The van der Waals surface area contributed by atoms with Crippen LogP contribution in [0.15, 0.2) is 35.3 Å². The van der Waals surface area contributed by atoms with Gasteiger partial charge in [0, 0.05) is 25.6 Å². The summed E-state index contributed by atoms with van der Waals surface area (Å²) in [6.07, 6.45) is 4.99. The number of hydrogen-bond donors (Lipinski definition) is 2. The lowest BCUT2D eigenvalue weighted by atomic mass is 9.64. The Morgan fingerprint density at radius 3 is 2.40 bits per heavy atom. The molecule has 20 heavy (non-hydrogen) atoms. The van der Waals surface area contributed by atoms with E-state index in [1.54, 1.807) is 0 Å². The van der Waals surface area contributed by atoms with Crippen molar-refractivity contribution < 1.29 is 0 Å². The molecule has 1 saturated carbocycles. The van der Waals surface area contributed by atoms with Crippen molar-refractivity contribution in [3.05, 3.63) is 35.9 Å². The van der Waals surface area contributed by atoms with Crippen molar-refractivity contribution in [3.63, 3.8) is 0 Å². The first-order valence-corrected chi connectivity index (χ1v) is 7.31. The van der Waals surface area contributed by atoms with Crippen LogP contribution in [0.25, 0.3) is 0 Å². The number of benzene rings is 1. The molecule has 1 aromatic rings. The molecule has 0 bridgehead atoms. The average Bonchev–Trinajstić information content (AvgIpc) is 2.42. The predicted molar refractivity (Wildman–Crippen MR) is 97.0 cm³/mol. The molecule has 0 aromatic heterocycles. The van der Waals surface area contributed by atoms with Crippen LogP contribution in [0, 0.1) is 0 Å². The van der Waals surface area contributed by atoms with Crippen LogP contribution in [0.1, 0.15) is 38.2 Å². The fourth-order valence-electron chi connectivity index (χ4n) is 2.68. The third-order valence-electron chi connectivity index (χ3n) is 4.06. The maximum Gasteiger partial charge on any atom is 0.191 e. The Morgan fingerprint density at radius 1 is 1.20 bits per heavy atom. The standard InChI is InChI=1S/C16H25N3.HI/c1-3-12-18-15(17-2)19-13-16(10-7-11-16)14-8-5-4-6-9-14;/h4-6,8-9H,3,7,10-13H2,1-2H3,(H2,17,18,19);1H. The van der Waals surface area contributed by atoms with Gasteiger partial charge in [-0.2, -0.15) is 0 Å². The summed E-state index contributed by atoms with van der Waals surface area (Å²) < 4.78 is 0. The van der Waals surface area contributed by atoms with E-state index in [1.165, 1.54) is 24.8 Å². The summed E-state index contributed by atoms with van der Waals surface area (Å²) in [6.45, 7) is 4.11. The molecule has 0 unspecified atom stereocenters. The highest BCUT2D eigenvalue weighted by Gasteiger charge is 2.38. The summed E-state index contributed by atoms with van der Waals surface area (Å²) in [7, 11) is 1.83. The zero-order valence-corrected chi connectivity index (χ0v) is 14.8. The van der Waals surface area contributed by atoms with Crippen LogP contribution in [0.2, 0.25) is 0 Å². The Balaban J connectivity index is 0.00000200. The number of rotatable bonds is 5. The summed E-state index contributed by atoms with van der Waals surface area (Å²) in [5.41, 5.74) is 1.77. The summed E-state index contributed by atoms with van der Waals surface area (Å²) in [6, 6.07) is 10.9. The second-order valence-corrected chi connectivity index (χ2v) is 5.35. The lowest BCUT2D eigenvalue weighted by molar-refractivity contribution is 0.244. The van der Waals surface area contributed by atoms with E-state index in [0.29, 0.717) is 5.41 Å². The molecule has 0 amide bonds. The Hall–Kier alpha value is -0.780. The molecule has 1 aliphatic carbocycles. The minimum absolute atomic E-state index is 0. The molecular weight excluding hydrogens is 361 g/mol. The number of nitrogens with one attached hydrogen (secondary N) is 2. The molecule has 2 rings (SSSR count). The van der Waals surface area contributed by atoms with E-state index in [1.807, 2.05) is 7.05 Å². The van der Waals surface area contributed by atoms with Crippen molar-refractivity contribution in [3.8, 4) is 0 Å². The molecule has 0 atom stereocenters. The molecule has 2 N–H and O–H groups in total. The van der Waals surface area contributed by atoms with Crippen LogP contribution in [0.4, 0.5) is 0 Å². The molecule has 112 valence electrons. The largest absolute Gasteiger partial charge is 0.356 e. The van der Waals surface area contributed by atoms with Crippen LogP contribution < -0.4 is 10.6 Å². The summed E-state index contributed by atoms with van der Waals surface area (Å²) in [4.78, 5) is 4.28.